The minimum Gasteiger partial charge on any atom is -0.593 e. The van der Waals surface area contributed by atoms with Crippen LogP contribution in [0.25, 0.3) is 0 Å². The Bertz CT molecular complexity index is 731. The van der Waals surface area contributed by atoms with Crippen molar-refractivity contribution in [2.45, 2.75) is 64.6 Å². The average molecular weight is 390 g/mol. The van der Waals surface area contributed by atoms with Crippen molar-refractivity contribution in [2.75, 3.05) is 0 Å². The summed E-state index contributed by atoms with van der Waals surface area (Å²) in [5.74, 6) is 0.657. The number of hydrogen-bond donors (Lipinski definition) is 0. The Morgan fingerprint density at radius 2 is 1.38 bits per heavy atom. The van der Waals surface area contributed by atoms with Crippen molar-refractivity contribution in [1.82, 2.24) is 0 Å². The molecule has 0 amide bonds. The molecular weight excluding hydrogens is 360 g/mol. The fourth-order valence-corrected chi connectivity index (χ4v) is 3.67. The Kier molecular flexibility index (Phi) is 5.20. The molecule has 24 heavy (non-hydrogen) atoms. The summed E-state index contributed by atoms with van der Waals surface area (Å²) in [7, 11) is 0. The van der Waals surface area contributed by atoms with Crippen molar-refractivity contribution in [3.63, 3.8) is 0 Å². The van der Waals surface area contributed by atoms with Crippen LogP contribution in [0.2, 0.25) is 0 Å². The lowest BCUT2D eigenvalue weighted by Gasteiger charge is -2.29. The topological polar surface area (TPSA) is 22.9 Å². The Morgan fingerprint density at radius 3 is 1.83 bits per heavy atom. The van der Waals surface area contributed by atoms with E-state index in [-0.39, 0.29) is 10.8 Å². The zero-order valence-corrected chi connectivity index (χ0v) is 17.6. The lowest BCUT2D eigenvalue weighted by Crippen LogP contribution is -2.22. The molecule has 2 rings (SSSR count). The average Bonchev–Trinajstić information content (AvgIpc) is 2.45. The molecule has 0 bridgehead atoms. The van der Waals surface area contributed by atoms with E-state index >= 15 is 0 Å². The second kappa shape index (κ2) is 6.55. The fraction of sp³-hybridized carbons (Fsp3) is 0.455. The maximum absolute atomic E-state index is 8.73. The Balaban J connectivity index is 2.73. The molecule has 0 saturated carbocycles. The predicted octanol–water partition coefficient (Wildman–Crippen LogP) is 6.26. The van der Waals surface area contributed by atoms with Gasteiger partial charge in [-0.3, -0.25) is 0 Å². The minimum absolute atomic E-state index is 0.0674. The highest BCUT2D eigenvalue weighted by Crippen LogP contribution is 2.42. The summed E-state index contributed by atoms with van der Waals surface area (Å²) in [6.07, 6.45) is 0. The third kappa shape index (κ3) is 3.69. The van der Waals surface area contributed by atoms with Gasteiger partial charge in [0.15, 0.2) is 0 Å². The first kappa shape index (κ1) is 19.1. The van der Waals surface area contributed by atoms with E-state index in [1.165, 1.54) is 22.3 Å². The first-order valence-corrected chi connectivity index (χ1v) is 9.63. The van der Waals surface area contributed by atoms with E-state index in [9.17, 15) is 0 Å². The highest BCUT2D eigenvalue weighted by Gasteiger charge is 2.32. The van der Waals surface area contributed by atoms with Crippen molar-refractivity contribution in [3.05, 3.63) is 63.7 Å². The van der Waals surface area contributed by atoms with Crippen molar-refractivity contribution in [3.8, 4) is 5.75 Å². The molecule has 130 valence electrons. The lowest BCUT2D eigenvalue weighted by molar-refractivity contribution is 0.446. The number of alkyl halides is 1. The van der Waals surface area contributed by atoms with Crippen LogP contribution in [0, 0.1) is 13.8 Å². The third-order valence-corrected chi connectivity index (χ3v) is 5.45. The summed E-state index contributed by atoms with van der Waals surface area (Å²) in [5.41, 5.74) is 7.16. The van der Waals surface area contributed by atoms with Crippen LogP contribution in [0.3, 0.4) is 0 Å². The second-order valence-electron chi connectivity index (χ2n) is 8.44. The van der Waals surface area contributed by atoms with E-state index in [1.807, 2.05) is 0 Å². The highest BCUT2D eigenvalue weighted by molar-refractivity contribution is 9.08. The molecule has 1 nitrogen and oxygen atoms in total. The summed E-state index contributed by atoms with van der Waals surface area (Å²) in [6, 6.07) is 11.1. The largest absolute Gasteiger partial charge is 0.593 e. The van der Waals surface area contributed by atoms with Crippen LogP contribution in [-0.2, 0) is 16.2 Å². The van der Waals surface area contributed by atoms with Gasteiger partial charge in [0.2, 0.25) is 0 Å². The van der Waals surface area contributed by atoms with Crippen LogP contribution < -0.4 is 0 Å². The van der Waals surface area contributed by atoms with Gasteiger partial charge in [-0.2, -0.15) is 0 Å². The van der Waals surface area contributed by atoms with E-state index in [4.69, 9.17) is 5.11 Å². The first-order chi connectivity index (χ1) is 11.0. The zero-order valence-electron chi connectivity index (χ0n) is 16.0. The van der Waals surface area contributed by atoms with E-state index in [2.05, 4.69) is 94.7 Å². The van der Waals surface area contributed by atoms with E-state index in [0.717, 1.165) is 11.1 Å². The smallest absolute Gasteiger partial charge is 0.262 e. The summed E-state index contributed by atoms with van der Waals surface area (Å²) in [5, 5.41) is 9.44. The van der Waals surface area contributed by atoms with Crippen molar-refractivity contribution >= 4 is 15.9 Å². The summed E-state index contributed by atoms with van der Waals surface area (Å²) in [6.45, 7) is 15.5. The zero-order chi connectivity index (χ0) is 18.3. The van der Waals surface area contributed by atoms with Crippen LogP contribution in [-0.4, -0.2) is 5.11 Å². The summed E-state index contributed by atoms with van der Waals surface area (Å²) >= 11 is 3.57. The van der Waals surface area contributed by atoms with E-state index < -0.39 is 0 Å². The molecule has 0 aliphatic heterocycles. The Hall–Kier alpha value is -1.28. The molecule has 0 fully saturated rings. The van der Waals surface area contributed by atoms with Gasteiger partial charge in [-0.05, 0) is 42.5 Å². The molecule has 0 spiro atoms. The highest BCUT2D eigenvalue weighted by atomic mass is 79.9. The molecule has 0 aromatic heterocycles. The molecule has 2 N–H and O–H groups in total. The van der Waals surface area contributed by atoms with Gasteiger partial charge in [-0.25, -0.2) is 0 Å². The maximum atomic E-state index is 8.73. The van der Waals surface area contributed by atoms with Crippen molar-refractivity contribution < 1.29 is 5.11 Å². The normalized spacial score (nSPS) is 12.5. The van der Waals surface area contributed by atoms with Gasteiger partial charge in [0.25, 0.3) is 5.75 Å². The van der Waals surface area contributed by atoms with E-state index in [0.29, 0.717) is 11.1 Å². The van der Waals surface area contributed by atoms with Gasteiger partial charge in [0, 0.05) is 10.7 Å². The molecule has 0 heterocycles. The quantitative estimate of drug-likeness (QED) is 0.436. The number of benzene rings is 2. The summed E-state index contributed by atoms with van der Waals surface area (Å²) in [4.78, 5) is 0. The number of hydrogen-bond acceptors (Lipinski definition) is 0. The maximum Gasteiger partial charge on any atom is 0.262 e. The standard InChI is InChI=1S/C22H29BrO/c1-14-8-15(2)10-18(9-14)22(6,7)19-12-17(21(3,4)5)11-16(13-23)20(19)24/h8-12,24H,13H2,1-7H3/p+1. The molecule has 0 aliphatic rings. The van der Waals surface area contributed by atoms with Crippen LogP contribution in [0.1, 0.15) is 68.0 Å². The van der Waals surface area contributed by atoms with Crippen LogP contribution in [0.15, 0.2) is 30.3 Å². The minimum atomic E-state index is -0.202. The van der Waals surface area contributed by atoms with Crippen LogP contribution in [0.5, 0.6) is 5.75 Å². The molecule has 2 heteroatoms. The van der Waals surface area contributed by atoms with Gasteiger partial charge in [0.05, 0.1) is 11.1 Å². The van der Waals surface area contributed by atoms with Crippen molar-refractivity contribution in [2.24, 2.45) is 0 Å². The van der Waals surface area contributed by atoms with Gasteiger partial charge in [0.1, 0.15) is 0 Å². The van der Waals surface area contributed by atoms with Gasteiger partial charge >= 0.3 is 0 Å². The van der Waals surface area contributed by atoms with Crippen LogP contribution in [0.4, 0.5) is 0 Å². The number of aryl methyl sites for hydroxylation is 2. The number of rotatable bonds is 3. The van der Waals surface area contributed by atoms with Gasteiger partial charge in [-0.1, -0.05) is 79.9 Å². The van der Waals surface area contributed by atoms with E-state index in [1.54, 1.807) is 0 Å². The van der Waals surface area contributed by atoms with Gasteiger partial charge < -0.3 is 5.11 Å². The molecule has 0 radical (unpaired) electrons. The van der Waals surface area contributed by atoms with Gasteiger partial charge in [-0.15, -0.1) is 0 Å². The molecule has 2 aromatic carbocycles. The Labute approximate surface area is 155 Å². The third-order valence-electron chi connectivity index (χ3n) is 4.85. The fourth-order valence-electron chi connectivity index (χ4n) is 3.22. The summed E-state index contributed by atoms with van der Waals surface area (Å²) < 4.78 is 0. The second-order valence-corrected chi connectivity index (χ2v) is 9.00. The first-order valence-electron chi connectivity index (χ1n) is 8.51. The molecule has 0 atom stereocenters. The Morgan fingerprint density at radius 1 is 0.833 bits per heavy atom. The lowest BCUT2D eigenvalue weighted by atomic mass is 9.74. The molecule has 0 saturated heterocycles. The molecular formula is C22H30BrO+. The van der Waals surface area contributed by atoms with Crippen molar-refractivity contribution in [1.29, 1.82) is 0 Å². The van der Waals surface area contributed by atoms with Crippen LogP contribution >= 0.6 is 15.9 Å². The predicted molar refractivity (Wildman–Crippen MR) is 109 cm³/mol. The molecule has 0 unspecified atom stereocenters. The number of halogens is 1. The SMILES string of the molecule is Cc1cc(C)cc(C(C)(C)c2cc(C(C)(C)C)cc(CBr)c2[OH2+])c1. The molecule has 2 aromatic rings. The monoisotopic (exact) mass is 389 g/mol. The molecule has 0 aliphatic carbocycles.